The van der Waals surface area contributed by atoms with Crippen molar-refractivity contribution in [2.75, 3.05) is 6.79 Å². The lowest BCUT2D eigenvalue weighted by atomic mass is 10.0. The van der Waals surface area contributed by atoms with Crippen LogP contribution in [0.4, 0.5) is 0 Å². The van der Waals surface area contributed by atoms with Crippen molar-refractivity contribution in [2.45, 2.75) is 11.0 Å². The highest BCUT2D eigenvalue weighted by Gasteiger charge is 2.35. The number of nitrogens with two attached hydrogens (primary N) is 1. The van der Waals surface area contributed by atoms with Gasteiger partial charge in [0.15, 0.2) is 23.3 Å². The third kappa shape index (κ3) is 3.10. The molecule has 0 radical (unpaired) electrons. The van der Waals surface area contributed by atoms with Crippen molar-refractivity contribution < 1.29 is 27.7 Å². The first kappa shape index (κ1) is 17.0. The van der Waals surface area contributed by atoms with E-state index < -0.39 is 21.9 Å². The number of nitrogens with zero attached hydrogens (tertiary/aromatic N) is 1. The van der Waals surface area contributed by atoms with Gasteiger partial charge in [0.1, 0.15) is 0 Å². The van der Waals surface area contributed by atoms with E-state index in [2.05, 4.69) is 9.93 Å². The van der Waals surface area contributed by atoms with E-state index >= 15 is 0 Å². The molecule has 4 rings (SSSR count). The third-order valence-corrected chi connectivity index (χ3v) is 5.23. The number of rotatable bonds is 4. The predicted molar refractivity (Wildman–Crippen MR) is 94.4 cm³/mol. The molecule has 140 valence electrons. The first-order valence-electron chi connectivity index (χ1n) is 7.85. The number of aliphatic hydroxyl groups is 1. The summed E-state index contributed by atoms with van der Waals surface area (Å²) < 4.78 is 40.7. The molecule has 0 bridgehead atoms. The van der Waals surface area contributed by atoms with Gasteiger partial charge in [-0.3, -0.25) is 0 Å². The first-order chi connectivity index (χ1) is 13.0. The summed E-state index contributed by atoms with van der Waals surface area (Å²) in [6.45, 7) is 0.105. The number of hydrogen-bond acceptors (Lipinski definition) is 8. The second-order valence-corrected chi connectivity index (χ2v) is 7.39. The quantitative estimate of drug-likeness (QED) is 0.675. The number of aliphatic hydroxyl groups excluding tert-OH is 1. The molecule has 2 aromatic carbocycles. The molecule has 2 aliphatic rings. The number of hydrazone groups is 1. The van der Waals surface area contributed by atoms with E-state index in [1.807, 2.05) is 0 Å². The maximum Gasteiger partial charge on any atom is 0.276 e. The van der Waals surface area contributed by atoms with Crippen LogP contribution in [0.1, 0.15) is 11.7 Å². The molecule has 1 atom stereocenters. The minimum absolute atomic E-state index is 0.0318. The Morgan fingerprint density at radius 3 is 2.63 bits per heavy atom. The summed E-state index contributed by atoms with van der Waals surface area (Å²) in [5, 5.41) is 14.0. The lowest BCUT2D eigenvalue weighted by Crippen LogP contribution is -2.22. The number of fused-ring (bicyclic) bond motifs is 1. The fourth-order valence-electron chi connectivity index (χ4n) is 2.66. The molecule has 27 heavy (non-hydrogen) atoms. The first-order valence-corrected chi connectivity index (χ1v) is 9.34. The molecule has 2 heterocycles. The van der Waals surface area contributed by atoms with Crippen molar-refractivity contribution in [1.82, 2.24) is 4.83 Å². The van der Waals surface area contributed by atoms with Crippen LogP contribution in [-0.2, 0) is 14.8 Å². The van der Waals surface area contributed by atoms with E-state index in [4.69, 9.17) is 19.9 Å². The molecular weight excluding hydrogens is 374 g/mol. The summed E-state index contributed by atoms with van der Waals surface area (Å²) in [6.07, 6.45) is -0.905. The van der Waals surface area contributed by atoms with Gasteiger partial charge in [-0.1, -0.05) is 24.3 Å². The van der Waals surface area contributed by atoms with Crippen molar-refractivity contribution in [2.24, 2.45) is 10.8 Å². The number of ether oxygens (including phenoxy) is 3. The smallest absolute Gasteiger partial charge is 0.276 e. The molecule has 2 aliphatic heterocycles. The van der Waals surface area contributed by atoms with Gasteiger partial charge >= 0.3 is 0 Å². The molecule has 2 aromatic rings. The lowest BCUT2D eigenvalue weighted by molar-refractivity contribution is 0.172. The molecule has 0 amide bonds. The SMILES string of the molecule is NC1=C(O)C(=NNS(=O)(=O)c2ccccc2)[C@H](c2ccc3c(c2)OCO3)O1. The van der Waals surface area contributed by atoms with Gasteiger partial charge < -0.3 is 25.1 Å². The zero-order chi connectivity index (χ0) is 19.0. The number of nitrogens with one attached hydrogen (secondary N) is 1. The topological polar surface area (TPSA) is 132 Å². The average Bonchev–Trinajstić information content (AvgIpc) is 3.25. The lowest BCUT2D eigenvalue weighted by Gasteiger charge is -2.13. The minimum atomic E-state index is -3.92. The maximum absolute atomic E-state index is 12.3. The highest BCUT2D eigenvalue weighted by molar-refractivity contribution is 7.89. The largest absolute Gasteiger partial charge is 0.502 e. The van der Waals surface area contributed by atoms with Crippen molar-refractivity contribution in [3.05, 3.63) is 65.7 Å². The Bertz CT molecular complexity index is 1050. The van der Waals surface area contributed by atoms with Crippen LogP contribution in [0, 0.1) is 0 Å². The summed E-state index contributed by atoms with van der Waals surface area (Å²) in [7, 11) is -3.92. The summed E-state index contributed by atoms with van der Waals surface area (Å²) in [5.41, 5.74) is 6.15. The summed E-state index contributed by atoms with van der Waals surface area (Å²) in [5.74, 6) is 0.388. The third-order valence-electron chi connectivity index (χ3n) is 4.01. The molecule has 0 aromatic heterocycles. The Kier molecular flexibility index (Phi) is 4.04. The average molecular weight is 389 g/mol. The minimum Gasteiger partial charge on any atom is -0.502 e. The van der Waals surface area contributed by atoms with Crippen LogP contribution in [0.25, 0.3) is 0 Å². The van der Waals surface area contributed by atoms with Crippen LogP contribution >= 0.6 is 0 Å². The molecule has 0 spiro atoms. The van der Waals surface area contributed by atoms with Crippen LogP contribution in [0.3, 0.4) is 0 Å². The molecule has 0 fully saturated rings. The normalized spacial score (nSPS) is 20.0. The molecule has 0 saturated carbocycles. The maximum atomic E-state index is 12.3. The predicted octanol–water partition coefficient (Wildman–Crippen LogP) is 1.51. The van der Waals surface area contributed by atoms with E-state index in [0.29, 0.717) is 17.1 Å². The van der Waals surface area contributed by atoms with Crippen LogP contribution in [0.2, 0.25) is 0 Å². The fraction of sp³-hybridized carbons (Fsp3) is 0.118. The Morgan fingerprint density at radius 1 is 1.11 bits per heavy atom. The van der Waals surface area contributed by atoms with Gasteiger partial charge in [0.2, 0.25) is 18.4 Å². The van der Waals surface area contributed by atoms with Crippen molar-refractivity contribution in [1.29, 1.82) is 0 Å². The second-order valence-electron chi connectivity index (χ2n) is 5.73. The van der Waals surface area contributed by atoms with Crippen LogP contribution in [0.15, 0.2) is 70.2 Å². The summed E-state index contributed by atoms with van der Waals surface area (Å²) >= 11 is 0. The highest BCUT2D eigenvalue weighted by atomic mass is 32.2. The molecule has 10 heteroatoms. The zero-order valence-electron chi connectivity index (χ0n) is 13.8. The Labute approximate surface area is 154 Å². The van der Waals surface area contributed by atoms with Gasteiger partial charge in [-0.2, -0.15) is 18.4 Å². The van der Waals surface area contributed by atoms with Crippen molar-refractivity contribution >= 4 is 15.7 Å². The Balaban J connectivity index is 1.65. The van der Waals surface area contributed by atoms with E-state index in [0.717, 1.165) is 0 Å². The van der Waals surface area contributed by atoms with Gasteiger partial charge in [0.05, 0.1) is 4.90 Å². The van der Waals surface area contributed by atoms with E-state index in [-0.39, 0.29) is 23.3 Å². The van der Waals surface area contributed by atoms with Gasteiger partial charge in [-0.15, -0.1) is 0 Å². The van der Waals surface area contributed by atoms with E-state index in [1.165, 1.54) is 12.1 Å². The van der Waals surface area contributed by atoms with E-state index in [1.54, 1.807) is 36.4 Å². The highest BCUT2D eigenvalue weighted by Crippen LogP contribution is 2.38. The van der Waals surface area contributed by atoms with Gasteiger partial charge in [-0.05, 0) is 24.3 Å². The molecule has 4 N–H and O–H groups in total. The summed E-state index contributed by atoms with van der Waals surface area (Å²) in [4.78, 5) is 2.13. The fourth-order valence-corrected chi connectivity index (χ4v) is 3.50. The monoisotopic (exact) mass is 389 g/mol. The molecule has 0 saturated heterocycles. The number of hydrogen-bond donors (Lipinski definition) is 3. The van der Waals surface area contributed by atoms with Gasteiger partial charge in [0.25, 0.3) is 10.0 Å². The number of sulfonamides is 1. The van der Waals surface area contributed by atoms with Crippen LogP contribution in [0.5, 0.6) is 11.5 Å². The Hall–Kier alpha value is -3.40. The Morgan fingerprint density at radius 2 is 1.85 bits per heavy atom. The van der Waals surface area contributed by atoms with Crippen LogP contribution in [-0.4, -0.2) is 26.0 Å². The summed E-state index contributed by atoms with van der Waals surface area (Å²) in [6, 6.07) is 12.7. The standard InChI is InChI=1S/C17H15N3O6S/c18-17-15(21)14(19-20-27(22,23)11-4-2-1-3-5-11)16(26-17)10-6-7-12-13(8-10)25-9-24-12/h1-8,16,20-21H,9,18H2/t16-/m0/s1. The van der Waals surface area contributed by atoms with Gasteiger partial charge in [0, 0.05) is 5.56 Å². The van der Waals surface area contributed by atoms with Gasteiger partial charge in [-0.25, -0.2) is 0 Å². The molecule has 0 unspecified atom stereocenters. The van der Waals surface area contributed by atoms with Crippen molar-refractivity contribution in [3.8, 4) is 11.5 Å². The zero-order valence-corrected chi connectivity index (χ0v) is 14.6. The second kappa shape index (κ2) is 6.40. The molecule has 9 nitrogen and oxygen atoms in total. The van der Waals surface area contributed by atoms with E-state index in [9.17, 15) is 13.5 Å². The van der Waals surface area contributed by atoms with Crippen molar-refractivity contribution in [3.63, 3.8) is 0 Å². The molecular formula is C17H15N3O6S. The molecule has 0 aliphatic carbocycles. The van der Waals surface area contributed by atoms with Crippen LogP contribution < -0.4 is 20.0 Å². The number of benzene rings is 2.